The van der Waals surface area contributed by atoms with Gasteiger partial charge in [0.15, 0.2) is 0 Å². The number of fused-ring (bicyclic) bond motifs is 2. The van der Waals surface area contributed by atoms with E-state index in [9.17, 15) is 0 Å². The van der Waals surface area contributed by atoms with Crippen molar-refractivity contribution in [3.05, 3.63) is 35.6 Å². The predicted octanol–water partition coefficient (Wildman–Crippen LogP) is 3.55. The Balaban J connectivity index is 2.33. The van der Waals surface area contributed by atoms with Gasteiger partial charge in [-0.25, -0.2) is 0 Å². The first-order valence-electron chi connectivity index (χ1n) is 5.14. The van der Waals surface area contributed by atoms with Crippen molar-refractivity contribution in [3.63, 3.8) is 0 Å². The van der Waals surface area contributed by atoms with Crippen molar-refractivity contribution in [2.45, 2.75) is 26.1 Å². The van der Waals surface area contributed by atoms with Gasteiger partial charge in [-0.1, -0.05) is 55.2 Å². The Labute approximate surface area is 82.1 Å². The normalized spacial score (nSPS) is 31.8. The maximum Gasteiger partial charge on any atom is 0.0728 e. The molecule has 0 saturated carbocycles. The molecule has 0 amide bonds. The van der Waals surface area contributed by atoms with Gasteiger partial charge in [-0.3, -0.25) is 0 Å². The van der Waals surface area contributed by atoms with Crippen molar-refractivity contribution in [2.24, 2.45) is 11.8 Å². The highest BCUT2D eigenvalue weighted by molar-refractivity contribution is 6.83. The van der Waals surface area contributed by atoms with Crippen molar-refractivity contribution in [3.8, 4) is 0 Å². The standard InChI is InChI=1S/C12H18Si/c1-13(2,3)12-9-10-6-4-5-7-11(12)8-10/h4-7,9-11H,8H2,1-3H3/t10-,11+/m1/s1. The molecule has 0 fully saturated rings. The number of allylic oxidation sites excluding steroid dienone is 6. The minimum atomic E-state index is -1.06. The molecule has 2 bridgehead atoms. The average molecular weight is 190 g/mol. The van der Waals surface area contributed by atoms with E-state index < -0.39 is 8.07 Å². The van der Waals surface area contributed by atoms with E-state index in [0.29, 0.717) is 0 Å². The van der Waals surface area contributed by atoms with Crippen LogP contribution >= 0.6 is 0 Å². The molecule has 0 N–H and O–H groups in total. The van der Waals surface area contributed by atoms with Crippen LogP contribution in [0, 0.1) is 11.8 Å². The Bertz CT molecular complexity index is 289. The second-order valence-electron chi connectivity index (χ2n) is 5.15. The molecule has 1 heteroatoms. The Kier molecular flexibility index (Phi) is 2.07. The maximum absolute atomic E-state index is 2.52. The molecule has 2 aliphatic rings. The van der Waals surface area contributed by atoms with Crippen LogP contribution in [-0.4, -0.2) is 8.07 Å². The molecule has 0 nitrogen and oxygen atoms in total. The van der Waals surface area contributed by atoms with Gasteiger partial charge >= 0.3 is 0 Å². The summed E-state index contributed by atoms with van der Waals surface area (Å²) in [6.07, 6.45) is 13.0. The fraction of sp³-hybridized carbons (Fsp3) is 0.500. The zero-order valence-corrected chi connectivity index (χ0v) is 9.75. The van der Waals surface area contributed by atoms with Crippen LogP contribution in [0.2, 0.25) is 19.6 Å². The molecule has 2 rings (SSSR count). The molecule has 0 saturated heterocycles. The summed E-state index contributed by atoms with van der Waals surface area (Å²) >= 11 is 0. The van der Waals surface area contributed by atoms with Crippen molar-refractivity contribution >= 4 is 8.07 Å². The molecule has 0 aromatic carbocycles. The molecule has 0 unspecified atom stereocenters. The summed E-state index contributed by atoms with van der Waals surface area (Å²) in [4.78, 5) is 0. The third-order valence-corrected chi connectivity index (χ3v) is 5.27. The molecule has 13 heavy (non-hydrogen) atoms. The Hall–Kier alpha value is -0.563. The minimum absolute atomic E-state index is 0.724. The maximum atomic E-state index is 2.52. The number of rotatable bonds is 1. The summed E-state index contributed by atoms with van der Waals surface area (Å²) in [7, 11) is -1.06. The summed E-state index contributed by atoms with van der Waals surface area (Å²) in [6, 6.07) is 0. The van der Waals surface area contributed by atoms with Crippen molar-refractivity contribution in [1.82, 2.24) is 0 Å². The van der Waals surface area contributed by atoms with Gasteiger partial charge in [0.1, 0.15) is 0 Å². The summed E-state index contributed by atoms with van der Waals surface area (Å²) < 4.78 is 0. The summed E-state index contributed by atoms with van der Waals surface area (Å²) in [5.41, 5.74) is 0. The van der Waals surface area contributed by atoms with Crippen molar-refractivity contribution in [2.75, 3.05) is 0 Å². The van der Waals surface area contributed by atoms with Crippen LogP contribution in [-0.2, 0) is 0 Å². The summed E-state index contributed by atoms with van der Waals surface area (Å²) in [5, 5.41) is 1.76. The highest BCUT2D eigenvalue weighted by atomic mass is 28.3. The Morgan fingerprint density at radius 3 is 2.54 bits per heavy atom. The lowest BCUT2D eigenvalue weighted by atomic mass is 10.1. The van der Waals surface area contributed by atoms with Gasteiger partial charge in [-0.05, 0) is 18.3 Å². The van der Waals surface area contributed by atoms with E-state index in [2.05, 4.69) is 50.0 Å². The zero-order valence-electron chi connectivity index (χ0n) is 8.75. The van der Waals surface area contributed by atoms with Gasteiger partial charge in [0.2, 0.25) is 0 Å². The lowest BCUT2D eigenvalue weighted by molar-refractivity contribution is 0.676. The van der Waals surface area contributed by atoms with Crippen LogP contribution < -0.4 is 0 Å². The predicted molar refractivity (Wildman–Crippen MR) is 61.3 cm³/mol. The van der Waals surface area contributed by atoms with E-state index in [4.69, 9.17) is 0 Å². The second-order valence-corrected chi connectivity index (χ2v) is 10.2. The van der Waals surface area contributed by atoms with Crippen molar-refractivity contribution in [1.29, 1.82) is 0 Å². The fourth-order valence-electron chi connectivity index (χ4n) is 2.37. The molecule has 0 aromatic rings. The lowest BCUT2D eigenvalue weighted by Gasteiger charge is -2.22. The highest BCUT2D eigenvalue weighted by Crippen LogP contribution is 2.38. The largest absolute Gasteiger partial charge is 0.0816 e. The minimum Gasteiger partial charge on any atom is -0.0816 e. The van der Waals surface area contributed by atoms with E-state index in [1.165, 1.54) is 6.42 Å². The molecule has 70 valence electrons. The van der Waals surface area contributed by atoms with Gasteiger partial charge in [-0.15, -0.1) is 0 Å². The van der Waals surface area contributed by atoms with E-state index in [1.54, 1.807) is 5.20 Å². The molecular weight excluding hydrogens is 172 g/mol. The van der Waals surface area contributed by atoms with Gasteiger partial charge in [-0.2, -0.15) is 0 Å². The lowest BCUT2D eigenvalue weighted by Crippen LogP contribution is -2.26. The monoisotopic (exact) mass is 190 g/mol. The number of hydrogen-bond acceptors (Lipinski definition) is 0. The van der Waals surface area contributed by atoms with Gasteiger partial charge in [0, 0.05) is 0 Å². The zero-order chi connectivity index (χ0) is 9.47. The average Bonchev–Trinajstić information content (AvgIpc) is 2.22. The molecule has 0 aliphatic heterocycles. The Morgan fingerprint density at radius 1 is 1.15 bits per heavy atom. The van der Waals surface area contributed by atoms with E-state index in [0.717, 1.165) is 11.8 Å². The highest BCUT2D eigenvalue weighted by Gasteiger charge is 2.32. The van der Waals surface area contributed by atoms with Crippen LogP contribution in [0.4, 0.5) is 0 Å². The van der Waals surface area contributed by atoms with Gasteiger partial charge < -0.3 is 0 Å². The smallest absolute Gasteiger partial charge is 0.0728 e. The summed E-state index contributed by atoms with van der Waals surface area (Å²) in [6.45, 7) is 7.36. The first kappa shape index (κ1) is 9.01. The topological polar surface area (TPSA) is 0 Å². The second kappa shape index (κ2) is 2.98. The van der Waals surface area contributed by atoms with Crippen LogP contribution in [0.15, 0.2) is 35.6 Å². The third-order valence-electron chi connectivity index (χ3n) is 3.00. The summed E-state index contributed by atoms with van der Waals surface area (Å²) in [5.74, 6) is 1.48. The molecule has 2 atom stereocenters. The molecular formula is C12H18Si. The third kappa shape index (κ3) is 1.71. The van der Waals surface area contributed by atoms with E-state index in [-0.39, 0.29) is 0 Å². The Morgan fingerprint density at radius 2 is 1.85 bits per heavy atom. The first-order chi connectivity index (χ1) is 6.07. The number of hydrogen-bond donors (Lipinski definition) is 0. The molecule has 0 spiro atoms. The van der Waals surface area contributed by atoms with E-state index in [1.807, 2.05) is 0 Å². The quantitative estimate of drug-likeness (QED) is 0.555. The SMILES string of the molecule is C[Si](C)(C)C1=C[C@@H]2C=CC=C[C@H]1C2. The molecule has 0 heterocycles. The molecule has 0 aromatic heterocycles. The fourth-order valence-corrected chi connectivity index (χ4v) is 4.41. The van der Waals surface area contributed by atoms with Gasteiger partial charge in [0.05, 0.1) is 8.07 Å². The van der Waals surface area contributed by atoms with Crippen molar-refractivity contribution < 1.29 is 0 Å². The van der Waals surface area contributed by atoms with Gasteiger partial charge in [0.25, 0.3) is 0 Å². The van der Waals surface area contributed by atoms with Crippen LogP contribution in [0.1, 0.15) is 6.42 Å². The molecule has 0 radical (unpaired) electrons. The van der Waals surface area contributed by atoms with Crippen LogP contribution in [0.25, 0.3) is 0 Å². The first-order valence-corrected chi connectivity index (χ1v) is 8.64. The van der Waals surface area contributed by atoms with E-state index >= 15 is 0 Å². The van der Waals surface area contributed by atoms with Crippen LogP contribution in [0.5, 0.6) is 0 Å². The molecule has 2 aliphatic carbocycles. The van der Waals surface area contributed by atoms with Crippen LogP contribution in [0.3, 0.4) is 0 Å².